The Balaban J connectivity index is 1.74. The zero-order valence-electron chi connectivity index (χ0n) is 14.9. The molecule has 1 saturated heterocycles. The second-order valence-corrected chi connectivity index (χ2v) is 6.65. The molecule has 5 nitrogen and oxygen atoms in total. The highest BCUT2D eigenvalue weighted by Crippen LogP contribution is 2.28. The van der Waals surface area contributed by atoms with E-state index in [4.69, 9.17) is 4.74 Å². The number of nitrogens with zero attached hydrogens (tertiary/aromatic N) is 3. The minimum Gasteiger partial charge on any atom is -0.497 e. The summed E-state index contributed by atoms with van der Waals surface area (Å²) < 4.78 is 7.58. The lowest BCUT2D eigenvalue weighted by Gasteiger charge is -2.32. The minimum atomic E-state index is 0.781. The molecule has 1 aliphatic heterocycles. The molecule has 0 bridgehead atoms. The number of carbonyl (C=O) groups excluding carboxylic acids is 1. The lowest BCUT2D eigenvalue weighted by Crippen LogP contribution is -2.44. The van der Waals surface area contributed by atoms with Gasteiger partial charge in [-0.1, -0.05) is 0 Å². The van der Waals surface area contributed by atoms with E-state index in [0.717, 1.165) is 79.9 Å². The van der Waals surface area contributed by atoms with Gasteiger partial charge in [-0.2, -0.15) is 0 Å². The number of aromatic nitrogens is 1. The molecule has 5 heteroatoms. The first-order valence-corrected chi connectivity index (χ1v) is 8.67. The van der Waals surface area contributed by atoms with Gasteiger partial charge in [0, 0.05) is 54.9 Å². The number of piperazine rings is 1. The molecule has 0 amide bonds. The monoisotopic (exact) mass is 329 g/mol. The van der Waals surface area contributed by atoms with Gasteiger partial charge in [-0.05, 0) is 45.1 Å². The molecular formula is C19H27N3O2. The Morgan fingerprint density at radius 2 is 1.92 bits per heavy atom. The summed E-state index contributed by atoms with van der Waals surface area (Å²) in [6, 6.07) is 5.99. The van der Waals surface area contributed by atoms with Crippen molar-refractivity contribution in [2.75, 3.05) is 46.9 Å². The SMILES string of the molecule is COc1ccc2c(c1)c(C=O)c(C)n2CCCN1CCN(C)CC1. The standard InChI is InChI=1S/C19H27N3O2/c1-15-18(14-23)17-13-16(24-3)5-6-19(17)22(15)8-4-7-21-11-9-20(2)10-12-21/h5-6,13-14H,4,7-12H2,1-3H3. The smallest absolute Gasteiger partial charge is 0.152 e. The van der Waals surface area contributed by atoms with E-state index in [-0.39, 0.29) is 0 Å². The van der Waals surface area contributed by atoms with Gasteiger partial charge >= 0.3 is 0 Å². The third-order valence-corrected chi connectivity index (χ3v) is 5.15. The van der Waals surface area contributed by atoms with E-state index in [2.05, 4.69) is 27.5 Å². The Bertz CT molecular complexity index is 715. The van der Waals surface area contributed by atoms with E-state index in [1.54, 1.807) is 7.11 Å². The number of rotatable bonds is 6. The molecule has 0 saturated carbocycles. The fraction of sp³-hybridized carbons (Fsp3) is 0.526. The molecule has 2 aromatic rings. The Labute approximate surface area is 143 Å². The molecule has 2 heterocycles. The summed E-state index contributed by atoms with van der Waals surface area (Å²) in [5.41, 5.74) is 2.95. The Kier molecular flexibility index (Phi) is 5.21. The minimum absolute atomic E-state index is 0.781. The van der Waals surface area contributed by atoms with Crippen LogP contribution in [0.15, 0.2) is 18.2 Å². The number of likely N-dealkylation sites (N-methyl/N-ethyl adjacent to an activating group) is 1. The first kappa shape index (κ1) is 17.0. The number of hydrogen-bond acceptors (Lipinski definition) is 4. The van der Waals surface area contributed by atoms with Gasteiger partial charge in [0.1, 0.15) is 5.75 Å². The van der Waals surface area contributed by atoms with Crippen molar-refractivity contribution >= 4 is 17.2 Å². The molecule has 0 spiro atoms. The summed E-state index contributed by atoms with van der Waals surface area (Å²) >= 11 is 0. The summed E-state index contributed by atoms with van der Waals surface area (Å²) in [6.45, 7) is 8.69. The van der Waals surface area contributed by atoms with E-state index in [1.165, 1.54) is 0 Å². The van der Waals surface area contributed by atoms with Gasteiger partial charge in [-0.15, -0.1) is 0 Å². The summed E-state index contributed by atoms with van der Waals surface area (Å²) in [5, 5.41) is 0.987. The summed E-state index contributed by atoms with van der Waals surface area (Å²) in [6.07, 6.45) is 2.06. The number of aryl methyl sites for hydroxylation is 1. The van der Waals surface area contributed by atoms with Crippen LogP contribution >= 0.6 is 0 Å². The Morgan fingerprint density at radius 3 is 2.58 bits per heavy atom. The van der Waals surface area contributed by atoms with Crippen molar-refractivity contribution in [1.82, 2.24) is 14.4 Å². The highest BCUT2D eigenvalue weighted by atomic mass is 16.5. The van der Waals surface area contributed by atoms with Crippen molar-refractivity contribution in [2.24, 2.45) is 0 Å². The Morgan fingerprint density at radius 1 is 1.17 bits per heavy atom. The summed E-state index contributed by atoms with van der Waals surface area (Å²) in [7, 11) is 3.84. The van der Waals surface area contributed by atoms with Crippen LogP contribution in [0.2, 0.25) is 0 Å². The van der Waals surface area contributed by atoms with Crippen LogP contribution in [0.3, 0.4) is 0 Å². The summed E-state index contributed by atoms with van der Waals surface area (Å²) in [4.78, 5) is 16.5. The number of aldehydes is 1. The molecule has 0 atom stereocenters. The third kappa shape index (κ3) is 3.32. The quantitative estimate of drug-likeness (QED) is 0.763. The molecule has 0 N–H and O–H groups in total. The van der Waals surface area contributed by atoms with E-state index in [1.807, 2.05) is 19.1 Å². The highest BCUT2D eigenvalue weighted by Gasteiger charge is 2.16. The fourth-order valence-electron chi connectivity index (χ4n) is 3.58. The van der Waals surface area contributed by atoms with Crippen LogP contribution in [-0.2, 0) is 6.54 Å². The Hall–Kier alpha value is -1.85. The van der Waals surface area contributed by atoms with E-state index in [0.29, 0.717) is 0 Å². The first-order chi connectivity index (χ1) is 11.6. The molecule has 1 fully saturated rings. The molecule has 1 aromatic carbocycles. The van der Waals surface area contributed by atoms with Crippen molar-refractivity contribution in [3.05, 3.63) is 29.5 Å². The zero-order chi connectivity index (χ0) is 17.1. The topological polar surface area (TPSA) is 37.7 Å². The van der Waals surface area contributed by atoms with Crippen LogP contribution in [0.5, 0.6) is 5.75 Å². The number of benzene rings is 1. The van der Waals surface area contributed by atoms with Gasteiger partial charge in [0.15, 0.2) is 6.29 Å². The van der Waals surface area contributed by atoms with Crippen molar-refractivity contribution in [3.63, 3.8) is 0 Å². The normalized spacial score (nSPS) is 16.6. The second-order valence-electron chi connectivity index (χ2n) is 6.65. The number of fused-ring (bicyclic) bond motifs is 1. The first-order valence-electron chi connectivity index (χ1n) is 8.67. The fourth-order valence-corrected chi connectivity index (χ4v) is 3.58. The van der Waals surface area contributed by atoms with Crippen LogP contribution in [0.1, 0.15) is 22.5 Å². The number of hydrogen-bond donors (Lipinski definition) is 0. The second kappa shape index (κ2) is 7.36. The van der Waals surface area contributed by atoms with Crippen molar-refractivity contribution < 1.29 is 9.53 Å². The van der Waals surface area contributed by atoms with Crippen molar-refractivity contribution in [2.45, 2.75) is 19.9 Å². The van der Waals surface area contributed by atoms with Crippen LogP contribution in [-0.4, -0.2) is 67.5 Å². The maximum absolute atomic E-state index is 11.5. The van der Waals surface area contributed by atoms with E-state index in [9.17, 15) is 4.79 Å². The molecule has 1 aliphatic rings. The van der Waals surface area contributed by atoms with Crippen LogP contribution in [0, 0.1) is 6.92 Å². The molecule has 130 valence electrons. The lowest BCUT2D eigenvalue weighted by atomic mass is 10.1. The largest absolute Gasteiger partial charge is 0.497 e. The van der Waals surface area contributed by atoms with Crippen LogP contribution in [0.4, 0.5) is 0 Å². The van der Waals surface area contributed by atoms with E-state index >= 15 is 0 Å². The molecule has 1 aromatic heterocycles. The van der Waals surface area contributed by atoms with Gasteiger partial charge in [0.05, 0.1) is 7.11 Å². The number of ether oxygens (including phenoxy) is 1. The molecule has 24 heavy (non-hydrogen) atoms. The predicted molar refractivity (Wildman–Crippen MR) is 97.2 cm³/mol. The van der Waals surface area contributed by atoms with Gasteiger partial charge in [0.25, 0.3) is 0 Å². The maximum atomic E-state index is 11.5. The van der Waals surface area contributed by atoms with Crippen molar-refractivity contribution in [1.29, 1.82) is 0 Å². The maximum Gasteiger partial charge on any atom is 0.152 e. The van der Waals surface area contributed by atoms with Crippen molar-refractivity contribution in [3.8, 4) is 5.75 Å². The van der Waals surface area contributed by atoms with Crippen LogP contribution < -0.4 is 4.74 Å². The summed E-state index contributed by atoms with van der Waals surface area (Å²) in [5.74, 6) is 0.792. The molecule has 3 rings (SSSR count). The average molecular weight is 329 g/mol. The van der Waals surface area contributed by atoms with Gasteiger partial charge < -0.3 is 19.1 Å². The lowest BCUT2D eigenvalue weighted by molar-refractivity contribution is 0.112. The zero-order valence-corrected chi connectivity index (χ0v) is 14.9. The van der Waals surface area contributed by atoms with Gasteiger partial charge in [-0.25, -0.2) is 0 Å². The predicted octanol–water partition coefficient (Wildman–Crippen LogP) is 2.41. The molecule has 0 unspecified atom stereocenters. The van der Waals surface area contributed by atoms with Gasteiger partial charge in [-0.3, -0.25) is 4.79 Å². The van der Waals surface area contributed by atoms with E-state index < -0.39 is 0 Å². The highest BCUT2D eigenvalue weighted by molar-refractivity contribution is 6.00. The molecule has 0 aliphatic carbocycles. The number of carbonyl (C=O) groups is 1. The third-order valence-electron chi connectivity index (χ3n) is 5.15. The molecular weight excluding hydrogens is 302 g/mol. The average Bonchev–Trinajstić information content (AvgIpc) is 2.87. The van der Waals surface area contributed by atoms with Crippen LogP contribution in [0.25, 0.3) is 10.9 Å². The molecule has 0 radical (unpaired) electrons. The number of methoxy groups -OCH3 is 1. The van der Waals surface area contributed by atoms with Gasteiger partial charge in [0.2, 0.25) is 0 Å².